The quantitative estimate of drug-likeness (QED) is 0.864. The van der Waals surface area contributed by atoms with Crippen molar-refractivity contribution in [2.45, 2.75) is 45.1 Å². The second-order valence-electron chi connectivity index (χ2n) is 7.71. The molecule has 0 unspecified atom stereocenters. The largest absolute Gasteiger partial charge is 0.478 e. The van der Waals surface area contributed by atoms with Crippen molar-refractivity contribution in [1.29, 1.82) is 0 Å². The molecule has 2 aromatic rings. The summed E-state index contributed by atoms with van der Waals surface area (Å²) in [7, 11) is 0. The highest BCUT2D eigenvalue weighted by Crippen LogP contribution is 2.32. The van der Waals surface area contributed by atoms with Crippen molar-refractivity contribution in [3.8, 4) is 0 Å². The zero-order valence-corrected chi connectivity index (χ0v) is 15.3. The molecule has 2 fully saturated rings. The van der Waals surface area contributed by atoms with Gasteiger partial charge in [-0.3, -0.25) is 9.67 Å². The summed E-state index contributed by atoms with van der Waals surface area (Å²) < 4.78 is 2.11. The van der Waals surface area contributed by atoms with Crippen molar-refractivity contribution in [2.24, 2.45) is 5.92 Å². The first-order valence-corrected chi connectivity index (χ1v) is 9.53. The molecule has 0 amide bonds. The Kier molecular flexibility index (Phi) is 4.76. The smallest absolute Gasteiger partial charge is 0.336 e. The van der Waals surface area contributed by atoms with Crippen LogP contribution in [0.25, 0.3) is 0 Å². The van der Waals surface area contributed by atoms with Gasteiger partial charge in [0.1, 0.15) is 0 Å². The van der Waals surface area contributed by atoms with Crippen LogP contribution in [0.4, 0.5) is 0 Å². The number of likely N-dealkylation sites (tertiary alicyclic amines) is 1. The maximum absolute atomic E-state index is 11.4. The minimum atomic E-state index is -0.907. The molecule has 0 radical (unpaired) electrons. The van der Waals surface area contributed by atoms with Crippen LogP contribution >= 0.6 is 0 Å². The van der Waals surface area contributed by atoms with E-state index in [1.165, 1.54) is 25.6 Å². The fourth-order valence-electron chi connectivity index (χ4n) is 3.89. The lowest BCUT2D eigenvalue weighted by Crippen LogP contribution is -2.36. The zero-order valence-electron chi connectivity index (χ0n) is 15.3. The van der Waals surface area contributed by atoms with E-state index in [1.807, 2.05) is 6.92 Å². The molecule has 6 nitrogen and oxygen atoms in total. The third-order valence-corrected chi connectivity index (χ3v) is 5.68. The molecule has 4 rings (SSSR count). The fourth-order valence-corrected chi connectivity index (χ4v) is 3.89. The van der Waals surface area contributed by atoms with E-state index in [1.54, 1.807) is 12.3 Å². The number of aryl methyl sites for hydroxylation is 1. The molecular formula is C20H26N4O2. The molecule has 26 heavy (non-hydrogen) atoms. The maximum atomic E-state index is 11.4. The van der Waals surface area contributed by atoms with Gasteiger partial charge in [0.2, 0.25) is 0 Å². The number of hydrogen-bond acceptors (Lipinski definition) is 4. The average molecular weight is 354 g/mol. The average Bonchev–Trinajstić information content (AvgIpc) is 3.38. The number of rotatable bonds is 6. The number of carboxylic acids is 1. The van der Waals surface area contributed by atoms with Crippen LogP contribution in [0.3, 0.4) is 0 Å². The number of carbonyl (C=O) groups is 1. The lowest BCUT2D eigenvalue weighted by atomic mass is 10.0. The normalized spacial score (nSPS) is 19.0. The summed E-state index contributed by atoms with van der Waals surface area (Å²) >= 11 is 0. The van der Waals surface area contributed by atoms with E-state index >= 15 is 0 Å². The Morgan fingerprint density at radius 1 is 1.23 bits per heavy atom. The highest BCUT2D eigenvalue weighted by molar-refractivity contribution is 5.89. The first kappa shape index (κ1) is 17.2. The van der Waals surface area contributed by atoms with E-state index in [-0.39, 0.29) is 0 Å². The van der Waals surface area contributed by atoms with Crippen LogP contribution < -0.4 is 0 Å². The number of nitrogens with zero attached hydrogens (tertiary/aromatic N) is 4. The first-order valence-electron chi connectivity index (χ1n) is 9.53. The molecule has 0 spiro atoms. The van der Waals surface area contributed by atoms with Crippen LogP contribution in [0.1, 0.15) is 58.9 Å². The minimum Gasteiger partial charge on any atom is -0.478 e. The standard InChI is InChI=1S/C20H26N4O2/c1-14-17(10-16-11-21-7-4-19(16)20(25)26)13-24(22-14)18-5-8-23(9-6-18)12-15-2-3-15/h4,7,11,13,15,18H,2-3,5-6,8-10,12H2,1H3,(H,25,26). The molecule has 2 aliphatic rings. The van der Waals surface area contributed by atoms with E-state index in [2.05, 4.69) is 20.8 Å². The van der Waals surface area contributed by atoms with Gasteiger partial charge in [0.25, 0.3) is 0 Å². The summed E-state index contributed by atoms with van der Waals surface area (Å²) in [5, 5.41) is 14.1. The molecule has 3 heterocycles. The summed E-state index contributed by atoms with van der Waals surface area (Å²) in [6.45, 7) is 5.59. The van der Waals surface area contributed by atoms with E-state index in [0.29, 0.717) is 18.0 Å². The van der Waals surface area contributed by atoms with Crippen LogP contribution in [-0.4, -0.2) is 50.4 Å². The summed E-state index contributed by atoms with van der Waals surface area (Å²) in [5.74, 6) is 0.0449. The Bertz CT molecular complexity index is 789. The summed E-state index contributed by atoms with van der Waals surface area (Å²) in [4.78, 5) is 18.1. The third-order valence-electron chi connectivity index (χ3n) is 5.68. The number of aromatic carboxylic acids is 1. The van der Waals surface area contributed by atoms with Gasteiger partial charge in [-0.1, -0.05) is 0 Å². The lowest BCUT2D eigenvalue weighted by Gasteiger charge is -2.32. The third kappa shape index (κ3) is 3.80. The summed E-state index contributed by atoms with van der Waals surface area (Å²) in [6, 6.07) is 2.01. The van der Waals surface area contributed by atoms with Crippen molar-refractivity contribution in [3.05, 3.63) is 47.0 Å². The van der Waals surface area contributed by atoms with Crippen LogP contribution in [0.5, 0.6) is 0 Å². The van der Waals surface area contributed by atoms with E-state index in [9.17, 15) is 9.90 Å². The monoisotopic (exact) mass is 354 g/mol. The van der Waals surface area contributed by atoms with Crippen molar-refractivity contribution in [1.82, 2.24) is 19.7 Å². The van der Waals surface area contributed by atoms with Gasteiger partial charge in [-0.2, -0.15) is 5.10 Å². The van der Waals surface area contributed by atoms with Gasteiger partial charge in [0.05, 0.1) is 17.3 Å². The van der Waals surface area contributed by atoms with Gasteiger partial charge in [0.15, 0.2) is 0 Å². The molecule has 1 aliphatic heterocycles. The SMILES string of the molecule is Cc1nn(C2CCN(CC3CC3)CC2)cc1Cc1cnccc1C(=O)O. The number of carboxylic acid groups (broad SMARTS) is 1. The lowest BCUT2D eigenvalue weighted by molar-refractivity contribution is 0.0695. The molecule has 138 valence electrons. The predicted molar refractivity (Wildman–Crippen MR) is 98.4 cm³/mol. The van der Waals surface area contributed by atoms with Crippen molar-refractivity contribution >= 4 is 5.97 Å². The number of pyridine rings is 1. The van der Waals surface area contributed by atoms with Crippen molar-refractivity contribution in [3.63, 3.8) is 0 Å². The van der Waals surface area contributed by atoms with Crippen LogP contribution in [0.15, 0.2) is 24.7 Å². The molecule has 0 bridgehead atoms. The van der Waals surface area contributed by atoms with Crippen LogP contribution in [0, 0.1) is 12.8 Å². The molecule has 1 saturated carbocycles. The van der Waals surface area contributed by atoms with Gasteiger partial charge in [-0.25, -0.2) is 4.79 Å². The van der Waals surface area contributed by atoms with Gasteiger partial charge < -0.3 is 10.0 Å². The van der Waals surface area contributed by atoms with Gasteiger partial charge in [-0.05, 0) is 55.7 Å². The Morgan fingerprint density at radius 2 is 2.00 bits per heavy atom. The summed E-state index contributed by atoms with van der Waals surface area (Å²) in [5.41, 5.74) is 3.12. The van der Waals surface area contributed by atoms with Gasteiger partial charge in [-0.15, -0.1) is 0 Å². The van der Waals surface area contributed by atoms with Gasteiger partial charge >= 0.3 is 5.97 Å². The number of hydrogen-bond donors (Lipinski definition) is 1. The van der Waals surface area contributed by atoms with Crippen molar-refractivity contribution in [2.75, 3.05) is 19.6 Å². The molecular weight excluding hydrogens is 328 g/mol. The van der Waals surface area contributed by atoms with E-state index in [4.69, 9.17) is 5.10 Å². The molecule has 0 aromatic carbocycles. The van der Waals surface area contributed by atoms with Crippen molar-refractivity contribution < 1.29 is 9.90 Å². The molecule has 1 saturated heterocycles. The Labute approximate surface area is 153 Å². The Hall–Kier alpha value is -2.21. The maximum Gasteiger partial charge on any atom is 0.336 e. The highest BCUT2D eigenvalue weighted by atomic mass is 16.4. The Morgan fingerprint density at radius 3 is 2.69 bits per heavy atom. The molecule has 1 N–H and O–H groups in total. The molecule has 6 heteroatoms. The number of aromatic nitrogens is 3. The fraction of sp³-hybridized carbons (Fsp3) is 0.550. The molecule has 2 aromatic heterocycles. The topological polar surface area (TPSA) is 71.2 Å². The molecule has 0 atom stereocenters. The van der Waals surface area contributed by atoms with E-state index in [0.717, 1.165) is 48.7 Å². The predicted octanol–water partition coefficient (Wildman–Crippen LogP) is 2.92. The first-order chi connectivity index (χ1) is 12.6. The second-order valence-corrected chi connectivity index (χ2v) is 7.71. The minimum absolute atomic E-state index is 0.320. The number of piperidine rings is 1. The molecule has 1 aliphatic carbocycles. The van der Waals surface area contributed by atoms with Crippen LogP contribution in [0.2, 0.25) is 0 Å². The van der Waals surface area contributed by atoms with Gasteiger partial charge in [0, 0.05) is 44.6 Å². The highest BCUT2D eigenvalue weighted by Gasteiger charge is 2.28. The summed E-state index contributed by atoms with van der Waals surface area (Å²) in [6.07, 6.45) is 10.9. The van der Waals surface area contributed by atoms with E-state index < -0.39 is 5.97 Å². The van der Waals surface area contributed by atoms with Crippen LogP contribution in [-0.2, 0) is 6.42 Å². The Balaban J connectivity index is 1.44. The second kappa shape index (κ2) is 7.19. The zero-order chi connectivity index (χ0) is 18.1.